The summed E-state index contributed by atoms with van der Waals surface area (Å²) >= 11 is 5.98. The summed E-state index contributed by atoms with van der Waals surface area (Å²) in [6, 6.07) is 8.12. The minimum absolute atomic E-state index is 0.0116. The molecule has 1 saturated heterocycles. The van der Waals surface area contributed by atoms with Crippen LogP contribution >= 0.6 is 11.6 Å². The molecule has 1 aliphatic carbocycles. The van der Waals surface area contributed by atoms with Gasteiger partial charge in [-0.3, -0.25) is 9.59 Å². The number of carbonyl (C=O) groups excluding carboxylic acids is 2. The summed E-state index contributed by atoms with van der Waals surface area (Å²) in [5, 5.41) is 3.77. The predicted molar refractivity (Wildman–Crippen MR) is 108 cm³/mol. The molecule has 1 heterocycles. The Morgan fingerprint density at radius 1 is 1.22 bits per heavy atom. The number of halogens is 1. The van der Waals surface area contributed by atoms with Crippen LogP contribution in [0.2, 0.25) is 5.02 Å². The second kappa shape index (κ2) is 9.07. The molecule has 1 saturated carbocycles. The molecule has 0 spiro atoms. The number of carbonyl (C=O) groups is 2. The Balaban J connectivity index is 1.56. The quantitative estimate of drug-likeness (QED) is 0.809. The van der Waals surface area contributed by atoms with Crippen LogP contribution < -0.4 is 5.32 Å². The molecular weight excluding hydrogens is 362 g/mol. The monoisotopic (exact) mass is 391 g/mol. The first-order valence-corrected chi connectivity index (χ1v) is 10.3. The zero-order valence-corrected chi connectivity index (χ0v) is 17.0. The van der Waals surface area contributed by atoms with Gasteiger partial charge in [0.25, 0.3) is 0 Å². The summed E-state index contributed by atoms with van der Waals surface area (Å²) < 4.78 is 0. The molecule has 5 nitrogen and oxygen atoms in total. The lowest BCUT2D eigenvalue weighted by atomic mass is 9.94. The van der Waals surface area contributed by atoms with Crippen LogP contribution in [0.5, 0.6) is 0 Å². The van der Waals surface area contributed by atoms with Crippen LogP contribution in [0.25, 0.3) is 0 Å². The number of amides is 2. The highest BCUT2D eigenvalue weighted by atomic mass is 35.5. The van der Waals surface area contributed by atoms with E-state index in [2.05, 4.69) is 10.2 Å². The van der Waals surface area contributed by atoms with Gasteiger partial charge in [0, 0.05) is 30.6 Å². The van der Waals surface area contributed by atoms with Crippen molar-refractivity contribution < 1.29 is 9.59 Å². The van der Waals surface area contributed by atoms with E-state index in [1.165, 1.54) is 19.3 Å². The molecule has 0 bridgehead atoms. The molecule has 0 aromatic heterocycles. The summed E-state index contributed by atoms with van der Waals surface area (Å²) in [6.07, 6.45) is 6.15. The third-order valence-corrected chi connectivity index (χ3v) is 6.14. The molecule has 1 N–H and O–H groups in total. The van der Waals surface area contributed by atoms with Crippen molar-refractivity contribution in [3.8, 4) is 0 Å². The van der Waals surface area contributed by atoms with Crippen LogP contribution in [-0.2, 0) is 9.59 Å². The Kier molecular flexibility index (Phi) is 6.77. The fourth-order valence-electron chi connectivity index (χ4n) is 4.28. The van der Waals surface area contributed by atoms with Crippen LogP contribution in [0.3, 0.4) is 0 Å². The fourth-order valence-corrected chi connectivity index (χ4v) is 4.40. The van der Waals surface area contributed by atoms with Gasteiger partial charge in [0.05, 0.1) is 12.0 Å². The molecule has 2 fully saturated rings. The number of likely N-dealkylation sites (tertiary alicyclic amines) is 1. The van der Waals surface area contributed by atoms with E-state index in [1.807, 2.05) is 43.3 Å². The van der Waals surface area contributed by atoms with Gasteiger partial charge in [-0.05, 0) is 44.6 Å². The van der Waals surface area contributed by atoms with Gasteiger partial charge in [-0.15, -0.1) is 0 Å². The molecule has 148 valence electrons. The molecule has 3 rings (SSSR count). The molecular formula is C21H30ClN3O2. The molecule has 2 aliphatic rings. The molecule has 2 amide bonds. The van der Waals surface area contributed by atoms with Crippen LogP contribution in [0, 0.1) is 5.92 Å². The number of rotatable bonds is 6. The summed E-state index contributed by atoms with van der Waals surface area (Å²) in [4.78, 5) is 29.2. The van der Waals surface area contributed by atoms with Crippen molar-refractivity contribution in [2.45, 2.75) is 50.6 Å². The Labute approximate surface area is 167 Å². The van der Waals surface area contributed by atoms with E-state index in [4.69, 9.17) is 11.6 Å². The molecule has 2 atom stereocenters. The Hall–Kier alpha value is -1.59. The molecule has 1 aliphatic heterocycles. The lowest BCUT2D eigenvalue weighted by molar-refractivity contribution is -0.130. The van der Waals surface area contributed by atoms with Crippen molar-refractivity contribution in [2.24, 2.45) is 5.92 Å². The van der Waals surface area contributed by atoms with E-state index in [-0.39, 0.29) is 23.8 Å². The Morgan fingerprint density at radius 3 is 2.52 bits per heavy atom. The number of hydrogen-bond acceptors (Lipinski definition) is 3. The number of benzene rings is 1. The van der Waals surface area contributed by atoms with Crippen LogP contribution in [0.15, 0.2) is 24.3 Å². The third-order valence-electron chi connectivity index (χ3n) is 5.89. The number of hydrogen-bond donors (Lipinski definition) is 1. The number of nitrogens with one attached hydrogen (secondary N) is 1. The largest absolute Gasteiger partial charge is 0.354 e. The average Bonchev–Trinajstić information content (AvgIpc) is 3.05. The van der Waals surface area contributed by atoms with Crippen LogP contribution in [-0.4, -0.2) is 54.8 Å². The lowest BCUT2D eigenvalue weighted by Crippen LogP contribution is -2.40. The number of nitrogens with zero attached hydrogens (tertiary/aromatic N) is 2. The molecule has 2 unspecified atom stereocenters. The molecule has 6 heteroatoms. The molecule has 0 radical (unpaired) electrons. The molecule has 27 heavy (non-hydrogen) atoms. The summed E-state index contributed by atoms with van der Waals surface area (Å²) in [5.41, 5.74) is 1.11. The normalized spacial score (nSPS) is 22.3. The smallest absolute Gasteiger partial charge is 0.225 e. The standard InChI is InChI=1S/C21H30ClN3O2/c1-24(2)19(15-8-10-17(22)11-9-15)13-23-21(27)16-12-20(26)25(14-16)18-6-4-3-5-7-18/h8-11,16,18-19H,3-7,12-14H2,1-2H3,(H,23,27). The minimum Gasteiger partial charge on any atom is -0.354 e. The molecule has 1 aromatic carbocycles. The summed E-state index contributed by atoms with van der Waals surface area (Å²) in [5.74, 6) is -0.0983. The second-order valence-corrected chi connectivity index (χ2v) is 8.45. The van der Waals surface area contributed by atoms with E-state index >= 15 is 0 Å². The van der Waals surface area contributed by atoms with Crippen molar-refractivity contribution in [2.75, 3.05) is 27.2 Å². The summed E-state index contributed by atoms with van der Waals surface area (Å²) in [6.45, 7) is 1.09. The Bertz CT molecular complexity index is 656. The van der Waals surface area contributed by atoms with Gasteiger partial charge in [-0.25, -0.2) is 0 Å². The zero-order valence-electron chi connectivity index (χ0n) is 16.3. The summed E-state index contributed by atoms with van der Waals surface area (Å²) in [7, 11) is 3.99. The highest BCUT2D eigenvalue weighted by Crippen LogP contribution is 2.29. The van der Waals surface area contributed by atoms with Gasteiger partial charge >= 0.3 is 0 Å². The van der Waals surface area contributed by atoms with Crippen LogP contribution in [0.1, 0.15) is 50.1 Å². The first-order valence-electron chi connectivity index (χ1n) is 9.94. The Morgan fingerprint density at radius 2 is 1.89 bits per heavy atom. The van der Waals surface area contributed by atoms with Gasteiger partial charge in [-0.1, -0.05) is 43.0 Å². The fraction of sp³-hybridized carbons (Fsp3) is 0.619. The van der Waals surface area contributed by atoms with Gasteiger partial charge in [0.15, 0.2) is 0 Å². The van der Waals surface area contributed by atoms with Gasteiger partial charge in [0.1, 0.15) is 0 Å². The average molecular weight is 392 g/mol. The van der Waals surface area contributed by atoms with Gasteiger partial charge in [0.2, 0.25) is 11.8 Å². The van der Waals surface area contributed by atoms with Crippen molar-refractivity contribution >= 4 is 23.4 Å². The predicted octanol–water partition coefficient (Wildman–Crippen LogP) is 3.24. The third kappa shape index (κ3) is 5.02. The maximum Gasteiger partial charge on any atom is 0.225 e. The first kappa shape index (κ1) is 20.2. The van der Waals surface area contributed by atoms with Crippen molar-refractivity contribution in [3.63, 3.8) is 0 Å². The highest BCUT2D eigenvalue weighted by molar-refractivity contribution is 6.30. The van der Waals surface area contributed by atoms with Crippen molar-refractivity contribution in [3.05, 3.63) is 34.9 Å². The van der Waals surface area contributed by atoms with E-state index in [9.17, 15) is 9.59 Å². The first-order chi connectivity index (χ1) is 13.0. The topological polar surface area (TPSA) is 52.7 Å². The van der Waals surface area contributed by atoms with Crippen molar-refractivity contribution in [1.29, 1.82) is 0 Å². The molecule has 1 aromatic rings. The van der Waals surface area contributed by atoms with E-state index in [0.29, 0.717) is 30.6 Å². The SMILES string of the molecule is CN(C)C(CNC(=O)C1CC(=O)N(C2CCCCC2)C1)c1ccc(Cl)cc1. The van der Waals surface area contributed by atoms with Crippen LogP contribution in [0.4, 0.5) is 0 Å². The van der Waals surface area contributed by atoms with Crippen molar-refractivity contribution in [1.82, 2.24) is 15.1 Å². The van der Waals surface area contributed by atoms with Gasteiger partial charge in [-0.2, -0.15) is 0 Å². The minimum atomic E-state index is -0.229. The van der Waals surface area contributed by atoms with E-state index in [0.717, 1.165) is 18.4 Å². The van der Waals surface area contributed by atoms with E-state index in [1.54, 1.807) is 0 Å². The number of likely N-dealkylation sites (N-methyl/N-ethyl adjacent to an activating group) is 1. The maximum absolute atomic E-state index is 12.7. The highest BCUT2D eigenvalue weighted by Gasteiger charge is 2.38. The van der Waals surface area contributed by atoms with Gasteiger partial charge < -0.3 is 15.1 Å². The van der Waals surface area contributed by atoms with E-state index < -0.39 is 0 Å². The lowest BCUT2D eigenvalue weighted by Gasteiger charge is -2.31. The second-order valence-electron chi connectivity index (χ2n) is 8.02. The maximum atomic E-state index is 12.7. The zero-order chi connectivity index (χ0) is 19.4.